The summed E-state index contributed by atoms with van der Waals surface area (Å²) in [6.07, 6.45) is 1.78. The summed E-state index contributed by atoms with van der Waals surface area (Å²) >= 11 is 6.28. The van der Waals surface area contributed by atoms with Gasteiger partial charge in [-0.3, -0.25) is 19.8 Å². The Kier molecular flexibility index (Phi) is 6.61. The summed E-state index contributed by atoms with van der Waals surface area (Å²) in [7, 11) is 0. The van der Waals surface area contributed by atoms with E-state index in [-0.39, 0.29) is 27.3 Å². The van der Waals surface area contributed by atoms with Gasteiger partial charge in [0.25, 0.3) is 11.6 Å². The molecule has 1 aliphatic heterocycles. The van der Waals surface area contributed by atoms with E-state index in [2.05, 4.69) is 0 Å². The Labute approximate surface area is 188 Å². The van der Waals surface area contributed by atoms with E-state index in [4.69, 9.17) is 16.6 Å². The van der Waals surface area contributed by atoms with Gasteiger partial charge in [0.2, 0.25) is 0 Å². The van der Waals surface area contributed by atoms with Crippen LogP contribution in [0.2, 0.25) is 0 Å². The van der Waals surface area contributed by atoms with Gasteiger partial charge in [0.05, 0.1) is 9.83 Å². The number of aryl methyl sites for hydroxylation is 1. The van der Waals surface area contributed by atoms with Crippen molar-refractivity contribution in [2.24, 2.45) is 5.92 Å². The highest BCUT2D eigenvalue weighted by molar-refractivity contribution is 8.26. The fourth-order valence-corrected chi connectivity index (χ4v) is 4.52. The van der Waals surface area contributed by atoms with Gasteiger partial charge in [0.1, 0.15) is 21.9 Å². The quantitative estimate of drug-likeness (QED) is 0.270. The normalized spacial score (nSPS) is 16.4. The van der Waals surface area contributed by atoms with Crippen molar-refractivity contribution in [1.82, 2.24) is 4.90 Å². The van der Waals surface area contributed by atoms with E-state index in [9.17, 15) is 24.8 Å². The summed E-state index contributed by atoms with van der Waals surface area (Å²) in [6, 6.07) is 7.05. The number of hydrogen-bond acceptors (Lipinski definition) is 7. The van der Waals surface area contributed by atoms with E-state index in [1.165, 1.54) is 12.1 Å². The topological polar surface area (TPSA) is 114 Å². The number of hydrogen-bond donors (Lipinski definition) is 1. The average molecular weight is 461 g/mol. The number of nitrogens with zero attached hydrogens (tertiary/aromatic N) is 2. The zero-order chi connectivity index (χ0) is 22.9. The molecule has 31 heavy (non-hydrogen) atoms. The van der Waals surface area contributed by atoms with Gasteiger partial charge in [0.15, 0.2) is 0 Å². The van der Waals surface area contributed by atoms with Crippen molar-refractivity contribution < 1.29 is 24.0 Å². The van der Waals surface area contributed by atoms with Crippen LogP contribution in [-0.4, -0.2) is 37.2 Å². The predicted molar refractivity (Wildman–Crippen MR) is 121 cm³/mol. The van der Waals surface area contributed by atoms with E-state index >= 15 is 0 Å². The molecule has 2 heterocycles. The van der Waals surface area contributed by atoms with Gasteiger partial charge in [-0.1, -0.05) is 50.0 Å². The van der Waals surface area contributed by atoms with Crippen molar-refractivity contribution in [3.63, 3.8) is 0 Å². The largest absolute Gasteiger partial charge is 0.480 e. The first-order valence-electron chi connectivity index (χ1n) is 9.43. The molecule has 1 aliphatic rings. The first kappa shape index (κ1) is 22.7. The Balaban J connectivity index is 1.87. The molecule has 1 atom stereocenters. The maximum Gasteiger partial charge on any atom is 0.326 e. The number of carbonyl (C=O) groups is 2. The van der Waals surface area contributed by atoms with Crippen molar-refractivity contribution in [1.29, 1.82) is 0 Å². The second-order valence-corrected chi connectivity index (χ2v) is 9.17. The molecule has 0 radical (unpaired) electrons. The number of carboxylic acids is 1. The molecule has 1 N–H and O–H groups in total. The monoisotopic (exact) mass is 460 g/mol. The van der Waals surface area contributed by atoms with Crippen LogP contribution in [0.15, 0.2) is 39.7 Å². The Morgan fingerprint density at radius 1 is 1.35 bits per heavy atom. The number of carbonyl (C=O) groups excluding carboxylic acids is 1. The molecular formula is C21H20N2O6S2. The molecule has 162 valence electrons. The van der Waals surface area contributed by atoms with E-state index in [1.807, 2.05) is 13.8 Å². The van der Waals surface area contributed by atoms with Gasteiger partial charge in [-0.05, 0) is 31.4 Å². The third kappa shape index (κ3) is 4.86. The van der Waals surface area contributed by atoms with Crippen LogP contribution in [0.4, 0.5) is 5.69 Å². The molecule has 1 fully saturated rings. The van der Waals surface area contributed by atoms with Gasteiger partial charge in [-0.25, -0.2) is 4.79 Å². The molecule has 10 heteroatoms. The highest BCUT2D eigenvalue weighted by Gasteiger charge is 2.40. The van der Waals surface area contributed by atoms with Gasteiger partial charge in [-0.15, -0.1) is 0 Å². The molecule has 0 unspecified atom stereocenters. The van der Waals surface area contributed by atoms with Crippen LogP contribution in [0.1, 0.15) is 31.6 Å². The zero-order valence-electron chi connectivity index (χ0n) is 17.0. The molecule has 0 bridgehead atoms. The standard InChI is InChI=1S/C21H20N2O6S2/c1-11(2)8-16(20(25)26)22-19(24)18(31-21(22)30)10-14-6-7-17(29-14)13-5-4-12(3)15(9-13)23(27)28/h4-7,9-11,16H,8H2,1-3H3,(H,25,26)/b18-10+/t16-/m0/s1. The summed E-state index contributed by atoms with van der Waals surface area (Å²) < 4.78 is 5.94. The van der Waals surface area contributed by atoms with Crippen molar-refractivity contribution in [3.8, 4) is 11.3 Å². The Hall–Kier alpha value is -2.98. The second kappa shape index (κ2) is 9.03. The highest BCUT2D eigenvalue weighted by atomic mass is 32.2. The summed E-state index contributed by atoms with van der Waals surface area (Å²) in [5, 5.41) is 20.7. The number of furan rings is 1. The zero-order valence-corrected chi connectivity index (χ0v) is 18.7. The number of nitro groups is 1. The molecule has 0 saturated carbocycles. The van der Waals surface area contributed by atoms with Gasteiger partial charge in [0, 0.05) is 23.3 Å². The third-order valence-corrected chi connectivity index (χ3v) is 6.04. The predicted octanol–water partition coefficient (Wildman–Crippen LogP) is 4.86. The maximum atomic E-state index is 12.9. The summed E-state index contributed by atoms with van der Waals surface area (Å²) in [6.45, 7) is 5.41. The number of thiocarbonyl (C=S) groups is 1. The lowest BCUT2D eigenvalue weighted by Crippen LogP contribution is -2.44. The molecule has 1 aromatic heterocycles. The van der Waals surface area contributed by atoms with Crippen molar-refractivity contribution >= 4 is 51.9 Å². The van der Waals surface area contributed by atoms with Gasteiger partial charge >= 0.3 is 5.97 Å². The third-order valence-electron chi connectivity index (χ3n) is 4.71. The Morgan fingerprint density at radius 3 is 2.68 bits per heavy atom. The van der Waals surface area contributed by atoms with Crippen LogP contribution in [0.5, 0.6) is 0 Å². The van der Waals surface area contributed by atoms with E-state index in [0.717, 1.165) is 16.7 Å². The minimum atomic E-state index is -1.10. The lowest BCUT2D eigenvalue weighted by atomic mass is 10.0. The highest BCUT2D eigenvalue weighted by Crippen LogP contribution is 2.36. The molecule has 0 aliphatic carbocycles. The first-order chi connectivity index (χ1) is 14.6. The van der Waals surface area contributed by atoms with Crippen molar-refractivity contribution in [2.45, 2.75) is 33.2 Å². The smallest absolute Gasteiger partial charge is 0.326 e. The van der Waals surface area contributed by atoms with Gasteiger partial charge < -0.3 is 9.52 Å². The number of carboxylic acid groups (broad SMARTS) is 1. The second-order valence-electron chi connectivity index (χ2n) is 7.50. The van der Waals surface area contributed by atoms with E-state index in [0.29, 0.717) is 22.6 Å². The first-order valence-corrected chi connectivity index (χ1v) is 10.7. The number of aliphatic carboxylic acids is 1. The SMILES string of the molecule is Cc1ccc(-c2ccc(/C=C3/SC(=S)N([C@@H](CC(C)C)C(=O)O)C3=O)o2)cc1[N+](=O)[O-]. The van der Waals surface area contributed by atoms with Crippen LogP contribution in [0, 0.1) is 23.0 Å². The number of benzene rings is 1. The summed E-state index contributed by atoms with van der Waals surface area (Å²) in [5.41, 5.74) is 1.06. The molecular weight excluding hydrogens is 440 g/mol. The molecule has 3 rings (SSSR count). The molecule has 1 saturated heterocycles. The van der Waals surface area contributed by atoms with Crippen LogP contribution < -0.4 is 0 Å². The Morgan fingerprint density at radius 2 is 2.06 bits per heavy atom. The minimum Gasteiger partial charge on any atom is -0.480 e. The fraction of sp³-hybridized carbons (Fsp3) is 0.286. The van der Waals surface area contributed by atoms with Crippen molar-refractivity contribution in [2.75, 3.05) is 0 Å². The van der Waals surface area contributed by atoms with Crippen LogP contribution >= 0.6 is 24.0 Å². The van der Waals surface area contributed by atoms with E-state index < -0.39 is 22.8 Å². The van der Waals surface area contributed by atoms with Crippen LogP contribution in [0.3, 0.4) is 0 Å². The van der Waals surface area contributed by atoms with Crippen molar-refractivity contribution in [3.05, 3.63) is 56.7 Å². The maximum absolute atomic E-state index is 12.9. The number of nitro benzene ring substituents is 1. The number of amides is 1. The molecule has 1 amide bonds. The lowest BCUT2D eigenvalue weighted by Gasteiger charge is -2.24. The van der Waals surface area contributed by atoms with Crippen LogP contribution in [-0.2, 0) is 9.59 Å². The number of rotatable bonds is 7. The lowest BCUT2D eigenvalue weighted by molar-refractivity contribution is -0.385. The summed E-state index contributed by atoms with van der Waals surface area (Å²) in [4.78, 5) is 36.7. The molecule has 2 aromatic rings. The number of thioether (sulfide) groups is 1. The van der Waals surface area contributed by atoms with Crippen LogP contribution in [0.25, 0.3) is 17.4 Å². The molecule has 1 aromatic carbocycles. The molecule has 8 nitrogen and oxygen atoms in total. The molecule has 0 spiro atoms. The summed E-state index contributed by atoms with van der Waals surface area (Å²) in [5.74, 6) is -0.747. The fourth-order valence-electron chi connectivity index (χ4n) is 3.19. The van der Waals surface area contributed by atoms with E-state index in [1.54, 1.807) is 31.2 Å². The van der Waals surface area contributed by atoms with Gasteiger partial charge in [-0.2, -0.15) is 0 Å². The average Bonchev–Trinajstić information content (AvgIpc) is 3.25. The minimum absolute atomic E-state index is 0.0128. The Bertz CT molecular complexity index is 1110.